The summed E-state index contributed by atoms with van der Waals surface area (Å²) in [6.07, 6.45) is 1.37. The highest BCUT2D eigenvalue weighted by Gasteiger charge is 2.23. The lowest BCUT2D eigenvalue weighted by atomic mass is 10.0. The van der Waals surface area contributed by atoms with Crippen LogP contribution in [0.1, 0.15) is 11.7 Å². The van der Waals surface area contributed by atoms with Gasteiger partial charge in [-0.3, -0.25) is 0 Å². The molecule has 0 aliphatic carbocycles. The number of aromatic amines is 1. The second kappa shape index (κ2) is 16.3. The van der Waals surface area contributed by atoms with Crippen LogP contribution in [0.15, 0.2) is 217 Å². The summed E-state index contributed by atoms with van der Waals surface area (Å²) in [7, 11) is -1.65. The van der Waals surface area contributed by atoms with Gasteiger partial charge in [-0.25, -0.2) is 4.99 Å². The van der Waals surface area contributed by atoms with Crippen LogP contribution >= 0.6 is 15.8 Å². The molecule has 7 aromatic carbocycles. The zero-order valence-corrected chi connectivity index (χ0v) is 31.0. The van der Waals surface area contributed by atoms with Crippen molar-refractivity contribution in [1.82, 2.24) is 4.98 Å². The standard InChI is InChI=1S/C48H39N3P2/c49-47(51-48-46(27-16-32-50-48)37-17-6-1-7-18-37)38-30-28-36(29-31-38)39-33-44(52(40-19-8-2-9-20-40)41-21-10-3-11-22-41)35-45(34-39)53(42-23-12-4-13-24-42)43-25-14-5-15-26-43/h1-35,47H,49H2,(H,50,51). The topological polar surface area (TPSA) is 54.2 Å². The van der Waals surface area contributed by atoms with Crippen molar-refractivity contribution in [1.29, 1.82) is 0 Å². The molecule has 0 bridgehead atoms. The third kappa shape index (κ3) is 7.90. The third-order valence-corrected chi connectivity index (χ3v) is 14.1. The Morgan fingerprint density at radius 1 is 0.396 bits per heavy atom. The van der Waals surface area contributed by atoms with Gasteiger partial charge in [-0.15, -0.1) is 0 Å². The van der Waals surface area contributed by atoms with E-state index in [1.807, 2.05) is 30.5 Å². The molecule has 0 fully saturated rings. The van der Waals surface area contributed by atoms with Crippen LogP contribution < -0.4 is 43.0 Å². The lowest BCUT2D eigenvalue weighted by Crippen LogP contribution is -2.26. The van der Waals surface area contributed by atoms with Gasteiger partial charge >= 0.3 is 0 Å². The molecule has 1 unspecified atom stereocenters. The Bertz CT molecular complexity index is 2270. The molecule has 0 radical (unpaired) electrons. The fraction of sp³-hybridized carbons (Fsp3) is 0.0208. The highest BCUT2D eigenvalue weighted by Crippen LogP contribution is 2.38. The number of aromatic nitrogens is 1. The molecule has 53 heavy (non-hydrogen) atoms. The smallest absolute Gasteiger partial charge is 0.134 e. The summed E-state index contributed by atoms with van der Waals surface area (Å²) < 4.78 is 0. The molecule has 3 nitrogen and oxygen atoms in total. The molecule has 0 spiro atoms. The molecule has 0 aliphatic rings. The van der Waals surface area contributed by atoms with Gasteiger partial charge in [-0.2, -0.15) is 0 Å². The van der Waals surface area contributed by atoms with E-state index in [0.717, 1.165) is 27.7 Å². The van der Waals surface area contributed by atoms with E-state index < -0.39 is 22.0 Å². The maximum Gasteiger partial charge on any atom is 0.134 e. The largest absolute Gasteiger partial charge is 0.346 e. The molecule has 3 N–H and O–H groups in total. The fourth-order valence-electron chi connectivity index (χ4n) is 6.69. The molecule has 8 rings (SSSR count). The maximum atomic E-state index is 6.77. The molecule has 8 aromatic rings. The molecule has 0 amide bonds. The first kappa shape index (κ1) is 34.4. The first-order valence-corrected chi connectivity index (χ1v) is 20.5. The van der Waals surface area contributed by atoms with Crippen molar-refractivity contribution in [2.75, 3.05) is 0 Å². The van der Waals surface area contributed by atoms with Gasteiger partial charge in [0, 0.05) is 11.8 Å². The fourth-order valence-corrected chi connectivity index (χ4v) is 11.5. The Balaban J connectivity index is 1.25. The molecule has 0 saturated heterocycles. The zero-order chi connectivity index (χ0) is 35.8. The van der Waals surface area contributed by atoms with Gasteiger partial charge < -0.3 is 10.7 Å². The SMILES string of the molecule is NC(N=c1[nH]cccc1-c1ccccc1)c1ccc(-c2cc(P(c3ccccc3)c3ccccc3)cc(P(c3ccccc3)c3ccccc3)c2)cc1. The Kier molecular flexibility index (Phi) is 10.6. The number of hydrogen-bond acceptors (Lipinski definition) is 2. The predicted octanol–water partition coefficient (Wildman–Crippen LogP) is 8.42. The van der Waals surface area contributed by atoms with E-state index in [0.29, 0.717) is 0 Å². The first-order chi connectivity index (χ1) is 26.2. The summed E-state index contributed by atoms with van der Waals surface area (Å²) in [4.78, 5) is 8.26. The van der Waals surface area contributed by atoms with Crippen LogP contribution in [-0.4, -0.2) is 4.98 Å². The minimum atomic E-state index is -0.827. The van der Waals surface area contributed by atoms with Crippen molar-refractivity contribution >= 4 is 47.7 Å². The van der Waals surface area contributed by atoms with E-state index in [9.17, 15) is 0 Å². The number of pyridine rings is 1. The Labute approximate surface area is 314 Å². The highest BCUT2D eigenvalue weighted by molar-refractivity contribution is 7.81. The molecule has 0 aliphatic heterocycles. The van der Waals surface area contributed by atoms with Gasteiger partial charge in [0.2, 0.25) is 0 Å². The van der Waals surface area contributed by atoms with E-state index in [-0.39, 0.29) is 0 Å². The molecule has 1 heterocycles. The van der Waals surface area contributed by atoms with Crippen molar-refractivity contribution in [3.63, 3.8) is 0 Å². The van der Waals surface area contributed by atoms with Gasteiger partial charge in [0.1, 0.15) is 11.7 Å². The number of nitrogens with one attached hydrogen (secondary N) is 1. The van der Waals surface area contributed by atoms with Gasteiger partial charge in [-0.05, 0) is 100 Å². The number of nitrogens with zero attached hydrogens (tertiary/aromatic N) is 1. The van der Waals surface area contributed by atoms with Crippen LogP contribution in [-0.2, 0) is 0 Å². The number of rotatable bonds is 10. The quantitative estimate of drug-likeness (QED) is 0.137. The minimum Gasteiger partial charge on any atom is -0.346 e. The normalized spacial score (nSPS) is 12.2. The molecule has 0 saturated carbocycles. The average molecular weight is 720 g/mol. The van der Waals surface area contributed by atoms with Crippen LogP contribution in [0.3, 0.4) is 0 Å². The molecule has 256 valence electrons. The number of nitrogens with two attached hydrogens (primary N) is 1. The zero-order valence-electron chi connectivity index (χ0n) is 29.2. The molecular weight excluding hydrogens is 680 g/mol. The molecular formula is C48H39N3P2. The second-order valence-electron chi connectivity index (χ2n) is 12.7. The summed E-state index contributed by atoms with van der Waals surface area (Å²) in [5.74, 6) is 0. The maximum absolute atomic E-state index is 6.77. The number of H-pyrrole nitrogens is 1. The van der Waals surface area contributed by atoms with Gasteiger partial charge in [0.15, 0.2) is 0 Å². The molecule has 5 heteroatoms. The van der Waals surface area contributed by atoms with E-state index in [1.54, 1.807) is 0 Å². The van der Waals surface area contributed by atoms with E-state index in [2.05, 4.69) is 187 Å². The molecule has 1 atom stereocenters. The van der Waals surface area contributed by atoms with Crippen LogP contribution in [0.2, 0.25) is 0 Å². The highest BCUT2D eigenvalue weighted by atomic mass is 31.1. The number of hydrogen-bond donors (Lipinski definition) is 2. The van der Waals surface area contributed by atoms with Crippen LogP contribution in [0.5, 0.6) is 0 Å². The predicted molar refractivity (Wildman–Crippen MR) is 228 cm³/mol. The van der Waals surface area contributed by atoms with Crippen LogP contribution in [0.4, 0.5) is 0 Å². The monoisotopic (exact) mass is 719 g/mol. The summed E-state index contributed by atoms with van der Waals surface area (Å²) in [5, 5.41) is 7.97. The Morgan fingerprint density at radius 2 is 0.830 bits per heavy atom. The molecule has 1 aromatic heterocycles. The van der Waals surface area contributed by atoms with Crippen LogP contribution in [0.25, 0.3) is 22.3 Å². The van der Waals surface area contributed by atoms with Crippen molar-refractivity contribution in [2.24, 2.45) is 10.7 Å². The Hall–Kier alpha value is -5.69. The van der Waals surface area contributed by atoms with Gasteiger partial charge in [0.25, 0.3) is 0 Å². The van der Waals surface area contributed by atoms with E-state index in [1.165, 1.54) is 37.4 Å². The van der Waals surface area contributed by atoms with E-state index >= 15 is 0 Å². The summed E-state index contributed by atoms with van der Waals surface area (Å²) >= 11 is 0. The van der Waals surface area contributed by atoms with Gasteiger partial charge in [-0.1, -0.05) is 176 Å². The van der Waals surface area contributed by atoms with Crippen molar-refractivity contribution in [3.8, 4) is 22.3 Å². The lowest BCUT2D eigenvalue weighted by Gasteiger charge is -2.25. The average Bonchev–Trinajstić information content (AvgIpc) is 3.23. The van der Waals surface area contributed by atoms with Crippen LogP contribution in [0, 0.1) is 0 Å². The summed E-state index contributed by atoms with van der Waals surface area (Å²) in [6.45, 7) is 0. The lowest BCUT2D eigenvalue weighted by molar-refractivity contribution is 0.739. The summed E-state index contributed by atoms with van der Waals surface area (Å²) in [5.41, 5.74) is 12.9. The van der Waals surface area contributed by atoms with Crippen molar-refractivity contribution in [3.05, 3.63) is 224 Å². The third-order valence-electron chi connectivity index (χ3n) is 9.25. The number of benzene rings is 7. The van der Waals surface area contributed by atoms with Crippen molar-refractivity contribution < 1.29 is 0 Å². The van der Waals surface area contributed by atoms with Gasteiger partial charge in [0.05, 0.1) is 0 Å². The Morgan fingerprint density at radius 3 is 1.28 bits per heavy atom. The van der Waals surface area contributed by atoms with Crippen molar-refractivity contribution in [2.45, 2.75) is 6.17 Å². The summed E-state index contributed by atoms with van der Waals surface area (Å²) in [6, 6.07) is 74.1. The first-order valence-electron chi connectivity index (χ1n) is 17.8. The minimum absolute atomic E-state index is 0.528. The van der Waals surface area contributed by atoms with E-state index in [4.69, 9.17) is 10.7 Å². The second-order valence-corrected chi connectivity index (χ2v) is 17.2.